The highest BCUT2D eigenvalue weighted by Crippen LogP contribution is 2.24. The molecule has 0 spiro atoms. The molecule has 0 fully saturated rings. The van der Waals surface area contributed by atoms with E-state index in [1.54, 1.807) is 35.7 Å². The van der Waals surface area contributed by atoms with Gasteiger partial charge in [0.25, 0.3) is 0 Å². The van der Waals surface area contributed by atoms with Crippen LogP contribution in [0.2, 0.25) is 10.0 Å². The molecule has 2 aromatic rings. The minimum atomic E-state index is -0.580. The van der Waals surface area contributed by atoms with Crippen molar-refractivity contribution >= 4 is 46.8 Å². The van der Waals surface area contributed by atoms with E-state index in [0.29, 0.717) is 35.3 Å². The fourth-order valence-corrected chi connectivity index (χ4v) is 4.15. The van der Waals surface area contributed by atoms with Gasteiger partial charge in [0.05, 0.1) is 10.0 Å². The van der Waals surface area contributed by atoms with Gasteiger partial charge in [0.2, 0.25) is 11.8 Å². The summed E-state index contributed by atoms with van der Waals surface area (Å²) in [5, 5.41) is 3.82. The predicted molar refractivity (Wildman–Crippen MR) is 131 cm³/mol. The first-order valence-electron chi connectivity index (χ1n) is 10.5. The molecule has 0 aromatic heterocycles. The number of carbonyl (C=O) groups excluding carboxylic acids is 2. The van der Waals surface area contributed by atoms with Gasteiger partial charge in [-0.05, 0) is 50.1 Å². The van der Waals surface area contributed by atoms with Crippen LogP contribution in [0.15, 0.2) is 47.4 Å². The van der Waals surface area contributed by atoms with Gasteiger partial charge in [-0.1, -0.05) is 60.3 Å². The maximum atomic E-state index is 13.1. The third kappa shape index (κ3) is 8.40. The SMILES string of the molecule is CCCCNC(=O)C(C)N(Cc1ccc(Cl)c(Cl)c1)C(=O)CCSc1ccc(C)cc1. The van der Waals surface area contributed by atoms with Crippen molar-refractivity contribution < 1.29 is 9.59 Å². The van der Waals surface area contributed by atoms with Crippen molar-refractivity contribution in [2.24, 2.45) is 0 Å². The normalized spacial score (nSPS) is 11.8. The van der Waals surface area contributed by atoms with Crippen LogP contribution in [0.4, 0.5) is 0 Å². The number of carbonyl (C=O) groups is 2. The minimum absolute atomic E-state index is 0.0659. The van der Waals surface area contributed by atoms with Crippen LogP contribution in [0.5, 0.6) is 0 Å². The second-order valence-corrected chi connectivity index (χ2v) is 9.48. The van der Waals surface area contributed by atoms with E-state index >= 15 is 0 Å². The predicted octanol–water partition coefficient (Wildman–Crippen LogP) is 6.12. The lowest BCUT2D eigenvalue weighted by molar-refractivity contribution is -0.140. The zero-order chi connectivity index (χ0) is 22.8. The molecule has 31 heavy (non-hydrogen) atoms. The summed E-state index contributed by atoms with van der Waals surface area (Å²) in [5.74, 6) is 0.432. The fraction of sp³-hybridized carbons (Fsp3) is 0.417. The van der Waals surface area contributed by atoms with Crippen LogP contribution < -0.4 is 5.32 Å². The van der Waals surface area contributed by atoms with Gasteiger partial charge >= 0.3 is 0 Å². The fourth-order valence-electron chi connectivity index (χ4n) is 2.99. The summed E-state index contributed by atoms with van der Waals surface area (Å²) in [6.45, 7) is 6.79. The lowest BCUT2D eigenvalue weighted by Gasteiger charge is -2.29. The molecule has 2 amide bonds. The van der Waals surface area contributed by atoms with Gasteiger partial charge in [0, 0.05) is 30.2 Å². The van der Waals surface area contributed by atoms with Crippen molar-refractivity contribution in [3.8, 4) is 0 Å². The maximum absolute atomic E-state index is 13.1. The highest BCUT2D eigenvalue weighted by atomic mass is 35.5. The van der Waals surface area contributed by atoms with Crippen molar-refractivity contribution in [2.45, 2.75) is 57.5 Å². The first-order valence-corrected chi connectivity index (χ1v) is 12.3. The molecular weight excluding hydrogens is 451 g/mol. The molecule has 4 nitrogen and oxygen atoms in total. The van der Waals surface area contributed by atoms with Crippen LogP contribution in [0.1, 0.15) is 44.2 Å². The molecule has 2 rings (SSSR count). The molecule has 0 radical (unpaired) electrons. The molecule has 168 valence electrons. The third-order valence-electron chi connectivity index (χ3n) is 4.94. The van der Waals surface area contributed by atoms with E-state index in [4.69, 9.17) is 23.2 Å². The second kappa shape index (κ2) is 13.0. The Morgan fingerprint density at radius 3 is 2.45 bits per heavy atom. The van der Waals surface area contributed by atoms with E-state index in [2.05, 4.69) is 36.5 Å². The monoisotopic (exact) mass is 480 g/mol. The van der Waals surface area contributed by atoms with Crippen molar-refractivity contribution in [3.63, 3.8) is 0 Å². The van der Waals surface area contributed by atoms with Crippen LogP contribution >= 0.6 is 35.0 Å². The molecular formula is C24H30Cl2N2O2S. The van der Waals surface area contributed by atoms with E-state index in [9.17, 15) is 9.59 Å². The van der Waals surface area contributed by atoms with E-state index in [0.717, 1.165) is 23.3 Å². The zero-order valence-electron chi connectivity index (χ0n) is 18.3. The molecule has 2 aromatic carbocycles. The van der Waals surface area contributed by atoms with E-state index in [1.807, 2.05) is 13.0 Å². The first-order chi connectivity index (χ1) is 14.8. The number of hydrogen-bond acceptors (Lipinski definition) is 3. The molecule has 1 atom stereocenters. The van der Waals surface area contributed by atoms with Crippen molar-refractivity contribution in [1.82, 2.24) is 10.2 Å². The molecule has 0 saturated heterocycles. The smallest absolute Gasteiger partial charge is 0.242 e. The average Bonchev–Trinajstić information content (AvgIpc) is 2.75. The summed E-state index contributed by atoms with van der Waals surface area (Å²) in [6, 6.07) is 12.9. The molecule has 0 aliphatic carbocycles. The van der Waals surface area contributed by atoms with Gasteiger partial charge in [-0.3, -0.25) is 9.59 Å². The Balaban J connectivity index is 2.06. The van der Waals surface area contributed by atoms with E-state index < -0.39 is 6.04 Å². The van der Waals surface area contributed by atoms with Gasteiger partial charge in [-0.25, -0.2) is 0 Å². The Morgan fingerprint density at radius 2 is 1.81 bits per heavy atom. The highest BCUT2D eigenvalue weighted by molar-refractivity contribution is 7.99. The standard InChI is InChI=1S/C24H30Cl2N2O2S/c1-4-5-13-27-24(30)18(3)28(16-19-8-11-21(25)22(26)15-19)23(29)12-14-31-20-9-6-17(2)7-10-20/h6-11,15,18H,4-5,12-14,16H2,1-3H3,(H,27,30). The van der Waals surface area contributed by atoms with E-state index in [-0.39, 0.29) is 11.8 Å². The molecule has 0 heterocycles. The number of nitrogens with one attached hydrogen (secondary N) is 1. The first kappa shape index (κ1) is 25.6. The summed E-state index contributed by atoms with van der Waals surface area (Å²) >= 11 is 13.8. The van der Waals surface area contributed by atoms with Crippen LogP contribution in [-0.4, -0.2) is 35.1 Å². The summed E-state index contributed by atoms with van der Waals surface area (Å²) in [5.41, 5.74) is 2.04. The number of unbranched alkanes of at least 4 members (excludes halogenated alkanes) is 1. The second-order valence-electron chi connectivity index (χ2n) is 7.50. The Morgan fingerprint density at radius 1 is 1.10 bits per heavy atom. The molecule has 0 saturated carbocycles. The molecule has 1 unspecified atom stereocenters. The topological polar surface area (TPSA) is 49.4 Å². The number of rotatable bonds is 11. The Bertz CT molecular complexity index is 874. The Labute approximate surface area is 199 Å². The van der Waals surface area contributed by atoms with Gasteiger partial charge in [-0.2, -0.15) is 0 Å². The van der Waals surface area contributed by atoms with Gasteiger partial charge in [-0.15, -0.1) is 11.8 Å². The van der Waals surface area contributed by atoms with Crippen LogP contribution in [0, 0.1) is 6.92 Å². The number of benzene rings is 2. The quantitative estimate of drug-likeness (QED) is 0.311. The summed E-state index contributed by atoms with van der Waals surface area (Å²) in [4.78, 5) is 28.5. The number of amides is 2. The van der Waals surface area contributed by atoms with E-state index in [1.165, 1.54) is 5.56 Å². The lowest BCUT2D eigenvalue weighted by Crippen LogP contribution is -2.47. The number of aryl methyl sites for hydroxylation is 1. The molecule has 0 aliphatic rings. The van der Waals surface area contributed by atoms with Crippen LogP contribution in [0.25, 0.3) is 0 Å². The summed E-state index contributed by atoms with van der Waals surface area (Å²) in [7, 11) is 0. The Hall–Kier alpha value is -1.69. The number of hydrogen-bond donors (Lipinski definition) is 1. The van der Waals surface area contributed by atoms with Crippen molar-refractivity contribution in [1.29, 1.82) is 0 Å². The van der Waals surface area contributed by atoms with Gasteiger partial charge in [0.1, 0.15) is 6.04 Å². The summed E-state index contributed by atoms with van der Waals surface area (Å²) in [6.07, 6.45) is 2.25. The highest BCUT2D eigenvalue weighted by Gasteiger charge is 2.25. The summed E-state index contributed by atoms with van der Waals surface area (Å²) < 4.78 is 0. The number of thioether (sulfide) groups is 1. The number of nitrogens with zero attached hydrogens (tertiary/aromatic N) is 1. The largest absolute Gasteiger partial charge is 0.354 e. The molecule has 0 aliphatic heterocycles. The maximum Gasteiger partial charge on any atom is 0.242 e. The molecule has 7 heteroatoms. The lowest BCUT2D eigenvalue weighted by atomic mass is 10.1. The number of halogens is 2. The Kier molecular flexibility index (Phi) is 10.7. The average molecular weight is 481 g/mol. The van der Waals surface area contributed by atoms with Crippen LogP contribution in [-0.2, 0) is 16.1 Å². The zero-order valence-corrected chi connectivity index (χ0v) is 20.6. The van der Waals surface area contributed by atoms with Crippen molar-refractivity contribution in [3.05, 3.63) is 63.6 Å². The minimum Gasteiger partial charge on any atom is -0.354 e. The molecule has 0 bridgehead atoms. The van der Waals surface area contributed by atoms with Crippen molar-refractivity contribution in [2.75, 3.05) is 12.3 Å². The van der Waals surface area contributed by atoms with Gasteiger partial charge < -0.3 is 10.2 Å². The van der Waals surface area contributed by atoms with Crippen LogP contribution in [0.3, 0.4) is 0 Å². The third-order valence-corrected chi connectivity index (χ3v) is 6.69. The molecule has 1 N–H and O–H groups in total. The van der Waals surface area contributed by atoms with Gasteiger partial charge in [0.15, 0.2) is 0 Å².